The number of ketones is 1. The van der Waals surface area contributed by atoms with Crippen LogP contribution < -0.4 is 5.73 Å². The summed E-state index contributed by atoms with van der Waals surface area (Å²) in [4.78, 5) is 15.1. The lowest BCUT2D eigenvalue weighted by molar-refractivity contribution is 0.101. The maximum atomic E-state index is 11.1. The Hall–Kier alpha value is -2.10. The highest BCUT2D eigenvalue weighted by Crippen LogP contribution is 2.18. The molecule has 0 unspecified atom stereocenters. The van der Waals surface area contributed by atoms with Gasteiger partial charge in [-0.3, -0.25) is 4.79 Å². The van der Waals surface area contributed by atoms with E-state index in [1.807, 2.05) is 6.07 Å². The number of rotatable bonds is 2. The second-order valence-corrected chi connectivity index (χ2v) is 3.30. The summed E-state index contributed by atoms with van der Waals surface area (Å²) >= 11 is 0. The zero-order chi connectivity index (χ0) is 10.8. The summed E-state index contributed by atoms with van der Waals surface area (Å²) < 4.78 is 1.80. The van der Waals surface area contributed by atoms with Crippen molar-refractivity contribution in [1.29, 1.82) is 0 Å². The van der Waals surface area contributed by atoms with Gasteiger partial charge < -0.3 is 10.3 Å². The van der Waals surface area contributed by atoms with Crippen LogP contribution in [0.5, 0.6) is 0 Å². The van der Waals surface area contributed by atoms with E-state index in [1.165, 1.54) is 6.92 Å². The first-order valence-electron chi connectivity index (χ1n) is 4.57. The molecule has 0 bridgehead atoms. The fourth-order valence-electron chi connectivity index (χ4n) is 1.41. The molecule has 0 aliphatic rings. The van der Waals surface area contributed by atoms with Crippen LogP contribution in [0, 0.1) is 0 Å². The zero-order valence-corrected chi connectivity index (χ0v) is 8.34. The number of imidazole rings is 1. The summed E-state index contributed by atoms with van der Waals surface area (Å²) in [5, 5.41) is 0. The molecule has 0 atom stereocenters. The van der Waals surface area contributed by atoms with Crippen molar-refractivity contribution in [3.8, 4) is 5.69 Å². The first-order valence-corrected chi connectivity index (χ1v) is 4.57. The molecule has 2 rings (SSSR count). The van der Waals surface area contributed by atoms with Crippen LogP contribution in [0.4, 0.5) is 5.69 Å². The number of nitrogens with two attached hydrogens (primary N) is 1. The van der Waals surface area contributed by atoms with Crippen LogP contribution in [0.3, 0.4) is 0 Å². The van der Waals surface area contributed by atoms with E-state index in [9.17, 15) is 4.79 Å². The van der Waals surface area contributed by atoms with Crippen LogP contribution in [0.2, 0.25) is 0 Å². The summed E-state index contributed by atoms with van der Waals surface area (Å²) in [7, 11) is 0. The third-order valence-corrected chi connectivity index (χ3v) is 2.22. The topological polar surface area (TPSA) is 60.9 Å². The van der Waals surface area contributed by atoms with E-state index in [0.717, 1.165) is 5.69 Å². The quantitative estimate of drug-likeness (QED) is 0.593. The van der Waals surface area contributed by atoms with Gasteiger partial charge >= 0.3 is 0 Å². The molecule has 4 heteroatoms. The molecular formula is C11H11N3O. The Balaban J connectivity index is 2.48. The van der Waals surface area contributed by atoms with E-state index in [0.29, 0.717) is 11.3 Å². The van der Waals surface area contributed by atoms with Crippen LogP contribution >= 0.6 is 0 Å². The Bertz CT molecular complexity index is 489. The summed E-state index contributed by atoms with van der Waals surface area (Å²) in [5.41, 5.74) is 7.87. The minimum atomic E-state index is 0.0129. The molecule has 1 aromatic carbocycles. The molecule has 2 aromatic rings. The molecule has 0 spiro atoms. The predicted molar refractivity (Wildman–Crippen MR) is 58.0 cm³/mol. The van der Waals surface area contributed by atoms with Crippen LogP contribution in [0.15, 0.2) is 36.9 Å². The van der Waals surface area contributed by atoms with Gasteiger partial charge in [0.05, 0.1) is 17.7 Å². The number of nitrogens with zero attached hydrogens (tertiary/aromatic N) is 2. The third-order valence-electron chi connectivity index (χ3n) is 2.22. The standard InChI is InChI=1S/C11H11N3O/c1-8(15)9-2-3-11(10(12)6-9)14-5-4-13-7-14/h2-7H,12H2,1H3. The van der Waals surface area contributed by atoms with E-state index in [-0.39, 0.29) is 5.78 Å². The average molecular weight is 201 g/mol. The largest absolute Gasteiger partial charge is 0.397 e. The molecule has 76 valence electrons. The number of aromatic nitrogens is 2. The first-order chi connectivity index (χ1) is 7.18. The van der Waals surface area contributed by atoms with Crippen molar-refractivity contribution in [3.05, 3.63) is 42.5 Å². The van der Waals surface area contributed by atoms with Gasteiger partial charge in [0.25, 0.3) is 0 Å². The van der Waals surface area contributed by atoms with Gasteiger partial charge in [0.2, 0.25) is 0 Å². The second-order valence-electron chi connectivity index (χ2n) is 3.30. The summed E-state index contributed by atoms with van der Waals surface area (Å²) in [6, 6.07) is 5.25. The normalized spacial score (nSPS) is 10.2. The smallest absolute Gasteiger partial charge is 0.159 e. The SMILES string of the molecule is CC(=O)c1ccc(-n2ccnc2)c(N)c1. The van der Waals surface area contributed by atoms with Crippen LogP contribution in [-0.2, 0) is 0 Å². The number of carbonyl (C=O) groups is 1. The summed E-state index contributed by atoms with van der Waals surface area (Å²) in [6.07, 6.45) is 5.15. The van der Waals surface area contributed by atoms with Crippen LogP contribution in [-0.4, -0.2) is 15.3 Å². The molecule has 15 heavy (non-hydrogen) atoms. The van der Waals surface area contributed by atoms with E-state index >= 15 is 0 Å². The molecular weight excluding hydrogens is 190 g/mol. The number of anilines is 1. The number of carbonyl (C=O) groups excluding carboxylic acids is 1. The van der Waals surface area contributed by atoms with E-state index in [4.69, 9.17) is 5.73 Å². The lowest BCUT2D eigenvalue weighted by atomic mass is 10.1. The van der Waals surface area contributed by atoms with Gasteiger partial charge in [-0.2, -0.15) is 0 Å². The molecule has 2 N–H and O–H groups in total. The van der Waals surface area contributed by atoms with Gasteiger partial charge in [0.15, 0.2) is 5.78 Å². The minimum absolute atomic E-state index is 0.0129. The molecule has 0 aliphatic carbocycles. The van der Waals surface area contributed by atoms with E-state index < -0.39 is 0 Å². The van der Waals surface area contributed by atoms with Crippen molar-refractivity contribution in [3.63, 3.8) is 0 Å². The monoisotopic (exact) mass is 201 g/mol. The van der Waals surface area contributed by atoms with Gasteiger partial charge in [-0.05, 0) is 25.1 Å². The fraction of sp³-hybridized carbons (Fsp3) is 0.0909. The number of benzene rings is 1. The van der Waals surface area contributed by atoms with Crippen LogP contribution in [0.25, 0.3) is 5.69 Å². The highest BCUT2D eigenvalue weighted by molar-refractivity contribution is 5.95. The van der Waals surface area contributed by atoms with Crippen molar-refractivity contribution in [2.45, 2.75) is 6.92 Å². The maximum absolute atomic E-state index is 11.1. The number of hydrogen-bond donors (Lipinski definition) is 1. The molecule has 0 saturated carbocycles. The van der Waals surface area contributed by atoms with Gasteiger partial charge in [-0.1, -0.05) is 0 Å². The van der Waals surface area contributed by atoms with Crippen molar-refractivity contribution in [2.24, 2.45) is 0 Å². The molecule has 0 radical (unpaired) electrons. The molecule has 1 aromatic heterocycles. The summed E-state index contributed by atoms with van der Waals surface area (Å²) in [6.45, 7) is 1.52. The Morgan fingerprint density at radius 2 is 2.27 bits per heavy atom. The van der Waals surface area contributed by atoms with Crippen LogP contribution in [0.1, 0.15) is 17.3 Å². The highest BCUT2D eigenvalue weighted by atomic mass is 16.1. The number of hydrogen-bond acceptors (Lipinski definition) is 3. The Morgan fingerprint density at radius 1 is 1.47 bits per heavy atom. The number of Topliss-reactive ketones (excluding diaryl/α,β-unsaturated/α-hetero) is 1. The van der Waals surface area contributed by atoms with Gasteiger partial charge in [0, 0.05) is 18.0 Å². The van der Waals surface area contributed by atoms with Crippen molar-refractivity contribution in [1.82, 2.24) is 9.55 Å². The van der Waals surface area contributed by atoms with Crippen molar-refractivity contribution in [2.75, 3.05) is 5.73 Å². The van der Waals surface area contributed by atoms with Gasteiger partial charge in [-0.15, -0.1) is 0 Å². The Morgan fingerprint density at radius 3 is 2.80 bits per heavy atom. The van der Waals surface area contributed by atoms with Gasteiger partial charge in [-0.25, -0.2) is 4.98 Å². The molecule has 0 aliphatic heterocycles. The molecule has 1 heterocycles. The average Bonchev–Trinajstić information content (AvgIpc) is 2.70. The molecule has 0 fully saturated rings. The molecule has 0 amide bonds. The van der Waals surface area contributed by atoms with Crippen molar-refractivity contribution < 1.29 is 4.79 Å². The molecule has 4 nitrogen and oxygen atoms in total. The summed E-state index contributed by atoms with van der Waals surface area (Å²) in [5.74, 6) is 0.0129. The Kier molecular flexibility index (Phi) is 2.25. The highest BCUT2D eigenvalue weighted by Gasteiger charge is 2.04. The third kappa shape index (κ3) is 1.74. The lowest BCUT2D eigenvalue weighted by Gasteiger charge is -2.07. The van der Waals surface area contributed by atoms with E-state index in [2.05, 4.69) is 4.98 Å². The van der Waals surface area contributed by atoms with Gasteiger partial charge in [0.1, 0.15) is 0 Å². The fourth-order valence-corrected chi connectivity index (χ4v) is 1.41. The predicted octanol–water partition coefficient (Wildman–Crippen LogP) is 1.66. The Labute approximate surface area is 87.4 Å². The lowest BCUT2D eigenvalue weighted by Crippen LogP contribution is -2.00. The second kappa shape index (κ2) is 3.57. The maximum Gasteiger partial charge on any atom is 0.159 e. The zero-order valence-electron chi connectivity index (χ0n) is 8.34. The minimum Gasteiger partial charge on any atom is -0.397 e. The molecule has 0 saturated heterocycles. The first kappa shape index (κ1) is 9.45. The van der Waals surface area contributed by atoms with Crippen molar-refractivity contribution >= 4 is 11.5 Å². The van der Waals surface area contributed by atoms with E-state index in [1.54, 1.807) is 35.4 Å². The number of nitrogen functional groups attached to an aromatic ring is 1.